The van der Waals surface area contributed by atoms with Crippen molar-refractivity contribution >= 4 is 17.2 Å². The van der Waals surface area contributed by atoms with E-state index in [2.05, 4.69) is 5.32 Å². The molecule has 0 fully saturated rings. The van der Waals surface area contributed by atoms with Gasteiger partial charge in [-0.2, -0.15) is 0 Å². The van der Waals surface area contributed by atoms with E-state index in [1.165, 1.54) is 12.1 Å². The molecule has 1 amide bonds. The van der Waals surface area contributed by atoms with E-state index in [1.807, 2.05) is 60.0 Å². The van der Waals surface area contributed by atoms with Crippen molar-refractivity contribution in [3.8, 4) is 21.8 Å². The summed E-state index contributed by atoms with van der Waals surface area (Å²) in [5.74, 6) is -0.950. The molecule has 1 aromatic heterocycles. The minimum Gasteiger partial charge on any atom is -0.348 e. The lowest BCUT2D eigenvalue weighted by Crippen LogP contribution is -2.23. The van der Waals surface area contributed by atoms with Crippen LogP contribution in [-0.2, 0) is 6.54 Å². The van der Waals surface area contributed by atoms with E-state index in [1.54, 1.807) is 23.5 Å². The maximum Gasteiger partial charge on any atom is 0.254 e. The monoisotopic (exact) mass is 388 g/mol. The Labute approximate surface area is 166 Å². The molecule has 0 aliphatic heterocycles. The lowest BCUT2D eigenvalue weighted by atomic mass is 10.1. The van der Waals surface area contributed by atoms with Gasteiger partial charge in [0.05, 0.1) is 11.3 Å². The molecule has 0 aliphatic rings. The van der Waals surface area contributed by atoms with Gasteiger partial charge in [-0.3, -0.25) is 4.79 Å². The third-order valence-electron chi connectivity index (χ3n) is 4.32. The fourth-order valence-electron chi connectivity index (χ4n) is 2.89. The normalized spacial score (nSPS) is 10.6. The molecule has 0 aliphatic carbocycles. The van der Waals surface area contributed by atoms with Crippen LogP contribution in [0.3, 0.4) is 0 Å². The van der Waals surface area contributed by atoms with Crippen LogP contribution >= 0.6 is 11.3 Å². The molecule has 28 heavy (non-hydrogen) atoms. The fraction of sp³-hybridized carbons (Fsp3) is 0.0435. The molecule has 3 nitrogen and oxygen atoms in total. The van der Waals surface area contributed by atoms with E-state index in [-0.39, 0.29) is 5.56 Å². The Balaban J connectivity index is 1.49. The van der Waals surface area contributed by atoms with Gasteiger partial charge in [0.2, 0.25) is 0 Å². The van der Waals surface area contributed by atoms with Crippen molar-refractivity contribution in [3.05, 3.63) is 101 Å². The van der Waals surface area contributed by atoms with Crippen LogP contribution in [0, 0.1) is 5.82 Å². The third kappa shape index (κ3) is 4.00. The van der Waals surface area contributed by atoms with Gasteiger partial charge in [0, 0.05) is 23.1 Å². The first-order chi connectivity index (χ1) is 13.7. The molecule has 4 rings (SSSR count). The summed E-state index contributed by atoms with van der Waals surface area (Å²) in [5, 5.41) is 5.73. The third-order valence-corrected chi connectivity index (χ3v) is 5.21. The molecule has 138 valence electrons. The predicted octanol–water partition coefficient (Wildman–Crippen LogP) is 5.55. The number of hydrogen-bond acceptors (Lipinski definition) is 3. The number of rotatable bonds is 5. The van der Waals surface area contributed by atoms with Gasteiger partial charge in [-0.05, 0) is 23.8 Å². The number of aromatic nitrogens is 1. The number of hydrogen-bond donors (Lipinski definition) is 1. The molecular formula is C23H17FN2OS. The summed E-state index contributed by atoms with van der Waals surface area (Å²) in [7, 11) is 0. The van der Waals surface area contributed by atoms with Crippen LogP contribution in [0.25, 0.3) is 21.8 Å². The van der Waals surface area contributed by atoms with E-state index in [9.17, 15) is 9.18 Å². The van der Waals surface area contributed by atoms with Crippen LogP contribution in [0.5, 0.6) is 0 Å². The van der Waals surface area contributed by atoms with Crippen molar-refractivity contribution < 1.29 is 9.18 Å². The summed E-state index contributed by atoms with van der Waals surface area (Å²) < 4.78 is 13.7. The van der Waals surface area contributed by atoms with Crippen molar-refractivity contribution in [3.63, 3.8) is 0 Å². The summed E-state index contributed by atoms with van der Waals surface area (Å²) in [6.07, 6.45) is 0. The zero-order chi connectivity index (χ0) is 19.3. The summed E-state index contributed by atoms with van der Waals surface area (Å²) in [5.41, 5.74) is 3.99. The Morgan fingerprint density at radius 1 is 0.929 bits per heavy atom. The second-order valence-electron chi connectivity index (χ2n) is 6.27. The molecule has 0 radical (unpaired) electrons. The van der Waals surface area contributed by atoms with Gasteiger partial charge in [-0.15, -0.1) is 11.3 Å². The molecule has 3 aromatic carbocycles. The molecule has 1 N–H and O–H groups in total. The maximum atomic E-state index is 13.7. The van der Waals surface area contributed by atoms with Crippen LogP contribution in [-0.4, -0.2) is 10.9 Å². The Morgan fingerprint density at radius 2 is 1.68 bits per heavy atom. The molecule has 0 atom stereocenters. The van der Waals surface area contributed by atoms with Crippen molar-refractivity contribution in [2.45, 2.75) is 6.54 Å². The number of halogens is 1. The van der Waals surface area contributed by atoms with Crippen LogP contribution in [0.2, 0.25) is 0 Å². The zero-order valence-electron chi connectivity index (χ0n) is 14.9. The predicted molar refractivity (Wildman–Crippen MR) is 111 cm³/mol. The molecule has 0 spiro atoms. The van der Waals surface area contributed by atoms with Crippen LogP contribution in [0.1, 0.15) is 15.9 Å². The Bertz CT molecular complexity index is 1110. The van der Waals surface area contributed by atoms with Gasteiger partial charge in [0.15, 0.2) is 0 Å². The number of nitrogens with zero attached hydrogens (tertiary/aromatic N) is 1. The first-order valence-corrected chi connectivity index (χ1v) is 9.71. The summed E-state index contributed by atoms with van der Waals surface area (Å²) in [6.45, 7) is 0.317. The highest BCUT2D eigenvalue weighted by atomic mass is 32.1. The van der Waals surface area contributed by atoms with Gasteiger partial charge in [-0.1, -0.05) is 60.7 Å². The SMILES string of the molecule is O=C(NCc1cccc(-c2nc(-c3ccccc3)cs2)c1)c1ccccc1F. The van der Waals surface area contributed by atoms with E-state index in [0.717, 1.165) is 27.4 Å². The van der Waals surface area contributed by atoms with E-state index in [4.69, 9.17) is 4.98 Å². The van der Waals surface area contributed by atoms with Crippen molar-refractivity contribution in [1.82, 2.24) is 10.3 Å². The van der Waals surface area contributed by atoms with Gasteiger partial charge in [0.25, 0.3) is 5.91 Å². The van der Waals surface area contributed by atoms with Crippen LogP contribution < -0.4 is 5.32 Å². The Morgan fingerprint density at radius 3 is 2.50 bits per heavy atom. The average molecular weight is 388 g/mol. The lowest BCUT2D eigenvalue weighted by Gasteiger charge is -2.07. The topological polar surface area (TPSA) is 42.0 Å². The highest BCUT2D eigenvalue weighted by Crippen LogP contribution is 2.29. The Kier molecular flexibility index (Phi) is 5.26. The largest absolute Gasteiger partial charge is 0.348 e. The van der Waals surface area contributed by atoms with Crippen LogP contribution in [0.4, 0.5) is 4.39 Å². The van der Waals surface area contributed by atoms with Crippen molar-refractivity contribution in [2.75, 3.05) is 0 Å². The molecule has 4 aromatic rings. The minimum absolute atomic E-state index is 0.0473. The number of nitrogens with one attached hydrogen (secondary N) is 1. The average Bonchev–Trinajstić information content (AvgIpc) is 3.24. The van der Waals surface area contributed by atoms with Gasteiger partial charge in [-0.25, -0.2) is 9.37 Å². The Hall–Kier alpha value is -3.31. The molecular weight excluding hydrogens is 371 g/mol. The molecule has 1 heterocycles. The molecule has 5 heteroatoms. The smallest absolute Gasteiger partial charge is 0.254 e. The molecule has 0 bridgehead atoms. The molecule has 0 unspecified atom stereocenters. The standard InChI is InChI=1S/C23H17FN2OS/c24-20-12-5-4-11-19(20)22(27)25-14-16-7-6-10-18(13-16)23-26-21(15-28-23)17-8-2-1-3-9-17/h1-13,15H,14H2,(H,25,27). The summed E-state index contributed by atoms with van der Waals surface area (Å²) in [4.78, 5) is 16.9. The zero-order valence-corrected chi connectivity index (χ0v) is 15.7. The van der Waals surface area contributed by atoms with Gasteiger partial charge in [0.1, 0.15) is 10.8 Å². The first-order valence-electron chi connectivity index (χ1n) is 8.84. The van der Waals surface area contributed by atoms with Gasteiger partial charge >= 0.3 is 0 Å². The summed E-state index contributed by atoms with van der Waals surface area (Å²) in [6, 6.07) is 23.9. The lowest BCUT2D eigenvalue weighted by molar-refractivity contribution is 0.0947. The minimum atomic E-state index is -0.523. The van der Waals surface area contributed by atoms with E-state index in [0.29, 0.717) is 6.54 Å². The highest BCUT2D eigenvalue weighted by Gasteiger charge is 2.11. The van der Waals surface area contributed by atoms with E-state index >= 15 is 0 Å². The fourth-order valence-corrected chi connectivity index (χ4v) is 3.71. The summed E-state index contributed by atoms with van der Waals surface area (Å²) >= 11 is 1.58. The quantitative estimate of drug-likeness (QED) is 0.487. The van der Waals surface area contributed by atoms with Gasteiger partial charge < -0.3 is 5.32 Å². The van der Waals surface area contributed by atoms with E-state index < -0.39 is 11.7 Å². The number of carbonyl (C=O) groups is 1. The molecule has 0 saturated carbocycles. The highest BCUT2D eigenvalue weighted by molar-refractivity contribution is 7.13. The van der Waals surface area contributed by atoms with Crippen LogP contribution in [0.15, 0.2) is 84.2 Å². The first kappa shape index (κ1) is 18.1. The number of benzene rings is 3. The maximum absolute atomic E-state index is 13.7. The van der Waals surface area contributed by atoms with Crippen molar-refractivity contribution in [1.29, 1.82) is 0 Å². The number of thiazole rings is 1. The second-order valence-corrected chi connectivity index (χ2v) is 7.12. The van der Waals surface area contributed by atoms with Crippen molar-refractivity contribution in [2.24, 2.45) is 0 Å². The molecule has 0 saturated heterocycles. The number of carbonyl (C=O) groups excluding carboxylic acids is 1. The second kappa shape index (κ2) is 8.15. The number of amides is 1.